The van der Waals surface area contributed by atoms with E-state index in [1.165, 1.54) is 13.2 Å². The molecule has 4 atom stereocenters. The molecule has 0 aromatic heterocycles. The lowest BCUT2D eigenvalue weighted by atomic mass is 9.59. The number of hydrogen-bond acceptors (Lipinski definition) is 7. The number of phenolic OH excluding ortho intramolecular Hbond substituents is 1. The summed E-state index contributed by atoms with van der Waals surface area (Å²) in [5.41, 5.74) is 1.81. The lowest BCUT2D eigenvalue weighted by Gasteiger charge is -2.42. The molecule has 1 aromatic carbocycles. The summed E-state index contributed by atoms with van der Waals surface area (Å²) in [5.74, 6) is -4.95. The number of hydrogen-bond donors (Lipinski definition) is 2. The Balaban J connectivity index is 1.78. The van der Waals surface area contributed by atoms with Gasteiger partial charge in [-0.25, -0.2) is 0 Å². The number of imide groups is 1. The van der Waals surface area contributed by atoms with Crippen LogP contribution in [-0.2, 0) is 19.2 Å². The minimum absolute atomic E-state index is 0.0905. The monoisotopic (exact) mass is 655 g/mol. The number of aromatic hydroxyl groups is 1. The van der Waals surface area contributed by atoms with Crippen molar-refractivity contribution >= 4 is 71.2 Å². The molecule has 1 fully saturated rings. The topological polar surface area (TPSA) is 121 Å². The number of benzene rings is 1. The van der Waals surface area contributed by atoms with Crippen molar-refractivity contribution in [2.24, 2.45) is 17.8 Å². The smallest absolute Gasteiger partial charge is 0.257 e. The Hall–Kier alpha value is -2.08. The van der Waals surface area contributed by atoms with Crippen LogP contribution in [0.25, 0.3) is 0 Å². The number of methoxy groups -OCH3 is 1. The van der Waals surface area contributed by atoms with Crippen LogP contribution in [0.2, 0.25) is 0 Å². The van der Waals surface area contributed by atoms with Crippen molar-refractivity contribution in [3.8, 4) is 11.5 Å². The zero-order chi connectivity index (χ0) is 24.6. The van der Waals surface area contributed by atoms with E-state index in [0.717, 1.165) is 0 Å². The molecule has 5 rings (SSSR count). The molecule has 2 amide bonds. The van der Waals surface area contributed by atoms with Crippen LogP contribution in [0, 0.1) is 17.8 Å². The molecule has 8 nitrogen and oxygen atoms in total. The highest BCUT2D eigenvalue weighted by Crippen LogP contribution is 2.57. The number of hydroxylamine groups is 2. The maximum absolute atomic E-state index is 13.2. The maximum atomic E-state index is 13.2. The molecule has 34 heavy (non-hydrogen) atoms. The molecule has 1 heterocycles. The van der Waals surface area contributed by atoms with Gasteiger partial charge in [0.05, 0.1) is 27.9 Å². The van der Waals surface area contributed by atoms with Gasteiger partial charge in [-0.05, 0) is 78.2 Å². The SMILES string of the molecule is COc1cc([C@H]2C3=CC[C@@H]4C(=O)N(O)C(=O)[C@@H]4[C@@H]3CC3=C2C(=O)C=C(Br)C3=O)c(Br)c(Br)c1O. The zero-order valence-corrected chi connectivity index (χ0v) is 22.2. The second-order valence-corrected chi connectivity index (χ2v) is 11.0. The molecule has 4 aliphatic rings. The van der Waals surface area contributed by atoms with E-state index in [1.807, 2.05) is 6.08 Å². The molecule has 11 heteroatoms. The van der Waals surface area contributed by atoms with Gasteiger partial charge in [0, 0.05) is 27.6 Å². The number of Topliss-reactive ketones (excluding diaryl/α,β-unsaturated/α-hetero) is 1. The fourth-order valence-electron chi connectivity index (χ4n) is 5.52. The Morgan fingerprint density at radius 1 is 1.06 bits per heavy atom. The normalized spacial score (nSPS) is 28.4. The van der Waals surface area contributed by atoms with Crippen LogP contribution >= 0.6 is 47.8 Å². The Bertz CT molecular complexity index is 1310. The lowest BCUT2D eigenvalue weighted by Crippen LogP contribution is -2.39. The fraction of sp³-hybridized carbons (Fsp3) is 0.304. The number of carbonyl (C=O) groups excluding carboxylic acids is 4. The van der Waals surface area contributed by atoms with Crippen molar-refractivity contribution in [1.29, 1.82) is 0 Å². The second kappa shape index (κ2) is 8.25. The lowest BCUT2D eigenvalue weighted by molar-refractivity contribution is -0.173. The minimum Gasteiger partial charge on any atom is -0.503 e. The second-order valence-electron chi connectivity index (χ2n) is 8.53. The molecule has 0 bridgehead atoms. The number of amides is 2. The molecule has 2 N–H and O–H groups in total. The first-order valence-corrected chi connectivity index (χ1v) is 12.7. The van der Waals surface area contributed by atoms with E-state index in [2.05, 4.69) is 47.8 Å². The van der Waals surface area contributed by atoms with Crippen molar-refractivity contribution in [2.45, 2.75) is 18.8 Å². The van der Waals surface area contributed by atoms with Crippen LogP contribution in [0.5, 0.6) is 11.5 Å². The highest BCUT2D eigenvalue weighted by atomic mass is 79.9. The molecule has 3 aliphatic carbocycles. The molecule has 1 saturated heterocycles. The van der Waals surface area contributed by atoms with Gasteiger partial charge >= 0.3 is 0 Å². The van der Waals surface area contributed by atoms with Crippen molar-refractivity contribution in [1.82, 2.24) is 5.06 Å². The van der Waals surface area contributed by atoms with Crippen LogP contribution in [0.1, 0.15) is 24.3 Å². The average molecular weight is 658 g/mol. The van der Waals surface area contributed by atoms with E-state index in [-0.39, 0.29) is 56.6 Å². The Morgan fingerprint density at radius 3 is 2.44 bits per heavy atom. The van der Waals surface area contributed by atoms with Crippen molar-refractivity contribution in [3.63, 3.8) is 0 Å². The summed E-state index contributed by atoms with van der Waals surface area (Å²) in [6.07, 6.45) is 3.37. The summed E-state index contributed by atoms with van der Waals surface area (Å²) < 4.78 is 6.20. The van der Waals surface area contributed by atoms with E-state index in [4.69, 9.17) is 4.74 Å². The van der Waals surface area contributed by atoms with Gasteiger partial charge in [-0.15, -0.1) is 0 Å². The number of fused-ring (bicyclic) bond motifs is 3. The van der Waals surface area contributed by atoms with Gasteiger partial charge in [0.2, 0.25) is 0 Å². The molecular weight excluding hydrogens is 642 g/mol. The van der Waals surface area contributed by atoms with Crippen LogP contribution < -0.4 is 4.74 Å². The van der Waals surface area contributed by atoms with Crippen molar-refractivity contribution < 1.29 is 34.2 Å². The van der Waals surface area contributed by atoms with Gasteiger partial charge < -0.3 is 9.84 Å². The molecule has 0 radical (unpaired) electrons. The van der Waals surface area contributed by atoms with Gasteiger partial charge in [0.1, 0.15) is 0 Å². The highest BCUT2D eigenvalue weighted by molar-refractivity contribution is 9.13. The van der Waals surface area contributed by atoms with Gasteiger partial charge in [0.15, 0.2) is 23.1 Å². The Morgan fingerprint density at radius 2 is 1.76 bits per heavy atom. The summed E-state index contributed by atoms with van der Waals surface area (Å²) in [5, 5.41) is 20.6. The van der Waals surface area contributed by atoms with E-state index in [1.54, 1.807) is 6.07 Å². The average Bonchev–Trinajstić information content (AvgIpc) is 3.04. The summed E-state index contributed by atoms with van der Waals surface area (Å²) in [7, 11) is 1.39. The summed E-state index contributed by atoms with van der Waals surface area (Å²) in [6, 6.07) is 1.58. The highest BCUT2D eigenvalue weighted by Gasteiger charge is 2.56. The largest absolute Gasteiger partial charge is 0.503 e. The third kappa shape index (κ3) is 3.16. The minimum atomic E-state index is -0.845. The fourth-order valence-corrected chi connectivity index (χ4v) is 6.93. The summed E-state index contributed by atoms with van der Waals surface area (Å²) in [4.78, 5) is 51.7. The number of rotatable bonds is 2. The van der Waals surface area contributed by atoms with Gasteiger partial charge in [-0.3, -0.25) is 24.4 Å². The first-order chi connectivity index (χ1) is 16.1. The molecule has 0 saturated carbocycles. The number of carbonyl (C=O) groups is 4. The third-order valence-electron chi connectivity index (χ3n) is 7.01. The number of nitrogens with zero attached hydrogens (tertiary/aromatic N) is 1. The van der Waals surface area contributed by atoms with Crippen molar-refractivity contribution in [2.75, 3.05) is 7.11 Å². The molecule has 0 unspecified atom stereocenters. The van der Waals surface area contributed by atoms with E-state index < -0.39 is 35.5 Å². The van der Waals surface area contributed by atoms with Crippen LogP contribution in [0.15, 0.2) is 48.4 Å². The first kappa shape index (κ1) is 23.7. The molecule has 176 valence electrons. The molecular formula is C23H16Br3NO7. The zero-order valence-electron chi connectivity index (χ0n) is 17.5. The summed E-state index contributed by atoms with van der Waals surface area (Å²) >= 11 is 10.0. The Kier molecular flexibility index (Phi) is 5.74. The number of halogens is 3. The van der Waals surface area contributed by atoms with Crippen molar-refractivity contribution in [3.05, 3.63) is 53.9 Å². The molecule has 1 aliphatic heterocycles. The van der Waals surface area contributed by atoms with E-state index in [9.17, 15) is 29.5 Å². The third-order valence-corrected chi connectivity index (χ3v) is 9.76. The van der Waals surface area contributed by atoms with Gasteiger partial charge in [-0.1, -0.05) is 11.6 Å². The first-order valence-electron chi connectivity index (χ1n) is 10.3. The number of allylic oxidation sites excluding steroid dienone is 6. The maximum Gasteiger partial charge on any atom is 0.257 e. The Labute approximate surface area is 218 Å². The quantitative estimate of drug-likeness (QED) is 0.213. The van der Waals surface area contributed by atoms with Crippen LogP contribution in [-0.4, -0.2) is 45.9 Å². The van der Waals surface area contributed by atoms with E-state index >= 15 is 0 Å². The van der Waals surface area contributed by atoms with Gasteiger partial charge in [0.25, 0.3) is 11.8 Å². The number of phenols is 1. The van der Waals surface area contributed by atoms with Crippen LogP contribution in [0.4, 0.5) is 0 Å². The predicted molar refractivity (Wildman–Crippen MR) is 128 cm³/mol. The molecule has 1 aromatic rings. The molecule has 0 spiro atoms. The van der Waals surface area contributed by atoms with Gasteiger partial charge in [-0.2, -0.15) is 5.06 Å². The number of ether oxygens (including phenoxy) is 1. The van der Waals surface area contributed by atoms with Crippen LogP contribution in [0.3, 0.4) is 0 Å². The standard InChI is InChI=1S/C23H16Br3NO7/c1-34-14-5-10(18(25)19(26)21(14)30)15-7-2-3-8-16(23(32)27(33)22(8)31)9(7)4-11-17(15)13(28)6-12(24)20(11)29/h2,5-6,8-9,15-16,30,33H,3-4H2,1H3/t8-,9+,15+,16-/m0/s1. The number of ketones is 2. The van der Waals surface area contributed by atoms with E-state index in [0.29, 0.717) is 20.1 Å². The summed E-state index contributed by atoms with van der Waals surface area (Å²) in [6.45, 7) is 0. The predicted octanol–water partition coefficient (Wildman–Crippen LogP) is 4.08.